The van der Waals surface area contributed by atoms with E-state index in [9.17, 15) is 9.90 Å². The lowest BCUT2D eigenvalue weighted by atomic mass is 10.0. The van der Waals surface area contributed by atoms with Gasteiger partial charge in [0.15, 0.2) is 0 Å². The van der Waals surface area contributed by atoms with Crippen LogP contribution < -0.4 is 0 Å². The quantitative estimate of drug-likeness (QED) is 0.551. The van der Waals surface area contributed by atoms with Gasteiger partial charge >= 0.3 is 5.97 Å². The number of nitrogens with one attached hydrogen (secondary N) is 1. The zero-order valence-electron chi connectivity index (χ0n) is 10.4. The van der Waals surface area contributed by atoms with Gasteiger partial charge in [0.2, 0.25) is 0 Å². The number of H-pyrrole nitrogens is 1. The second kappa shape index (κ2) is 3.81. The summed E-state index contributed by atoms with van der Waals surface area (Å²) in [5.74, 6) is -0.973. The molecule has 2 heterocycles. The maximum Gasteiger partial charge on any atom is 0.353 e. The van der Waals surface area contributed by atoms with Gasteiger partial charge in [-0.25, -0.2) is 9.78 Å². The van der Waals surface area contributed by atoms with Crippen LogP contribution in [0.1, 0.15) is 10.5 Å². The number of nitrogens with zero attached hydrogens (tertiary/aromatic N) is 1. The topological polar surface area (TPSA) is 66.0 Å². The van der Waals surface area contributed by atoms with Crippen LogP contribution in [0, 0.1) is 0 Å². The highest BCUT2D eigenvalue weighted by Gasteiger charge is 2.23. The molecule has 4 heteroatoms. The SMILES string of the molecule is O=C(O)c1[nH]c2ccccc2c2nc3ccccc3c1-2. The van der Waals surface area contributed by atoms with Crippen molar-refractivity contribution in [1.29, 1.82) is 0 Å². The van der Waals surface area contributed by atoms with Crippen LogP contribution in [0.15, 0.2) is 48.5 Å². The minimum Gasteiger partial charge on any atom is -0.477 e. The zero-order valence-corrected chi connectivity index (χ0v) is 10.4. The van der Waals surface area contributed by atoms with Gasteiger partial charge in [0.05, 0.1) is 11.2 Å². The molecule has 0 spiro atoms. The normalized spacial score (nSPS) is 11.4. The number of carbonyl (C=O) groups is 1. The Morgan fingerprint density at radius 2 is 1.70 bits per heavy atom. The highest BCUT2D eigenvalue weighted by atomic mass is 16.4. The Bertz CT molecular complexity index is 940. The summed E-state index contributed by atoms with van der Waals surface area (Å²) in [5.41, 5.74) is 3.19. The van der Waals surface area contributed by atoms with Crippen LogP contribution in [0.2, 0.25) is 0 Å². The standard InChI is InChI=1S/C16H10N2O2/c19-16(20)15-13-9-5-1-3-7-11(9)17-14(13)10-6-2-4-8-12(10)18-15/h1-8,18H,(H,19,20). The lowest BCUT2D eigenvalue weighted by Crippen LogP contribution is -2.04. The molecule has 0 fully saturated rings. The van der Waals surface area contributed by atoms with E-state index >= 15 is 0 Å². The van der Waals surface area contributed by atoms with Gasteiger partial charge in [-0.1, -0.05) is 36.4 Å². The fourth-order valence-electron chi connectivity index (χ4n) is 2.69. The molecule has 0 aromatic heterocycles. The van der Waals surface area contributed by atoms with Gasteiger partial charge in [0.1, 0.15) is 5.69 Å². The molecule has 4 nitrogen and oxygen atoms in total. The van der Waals surface area contributed by atoms with E-state index in [0.717, 1.165) is 27.5 Å². The lowest BCUT2D eigenvalue weighted by molar-refractivity contribution is 0.0692. The molecular weight excluding hydrogens is 252 g/mol. The smallest absolute Gasteiger partial charge is 0.353 e. The Hall–Kier alpha value is -2.88. The van der Waals surface area contributed by atoms with Crippen molar-refractivity contribution in [3.8, 4) is 11.3 Å². The Morgan fingerprint density at radius 1 is 1.00 bits per heavy atom. The molecule has 2 aromatic carbocycles. The third kappa shape index (κ3) is 1.36. The fraction of sp³-hybridized carbons (Fsp3) is 0. The second-order valence-corrected chi connectivity index (χ2v) is 4.70. The molecule has 0 bridgehead atoms. The van der Waals surface area contributed by atoms with Crippen molar-refractivity contribution in [3.63, 3.8) is 0 Å². The van der Waals surface area contributed by atoms with Gasteiger partial charge in [-0.15, -0.1) is 0 Å². The van der Waals surface area contributed by atoms with Gasteiger partial charge in [-0.05, 0) is 12.1 Å². The van der Waals surface area contributed by atoms with Crippen LogP contribution in [0.4, 0.5) is 0 Å². The van der Waals surface area contributed by atoms with Crippen molar-refractivity contribution < 1.29 is 9.90 Å². The van der Waals surface area contributed by atoms with Crippen LogP contribution in [0.3, 0.4) is 0 Å². The monoisotopic (exact) mass is 262 g/mol. The number of hydrogen-bond acceptors (Lipinski definition) is 2. The molecule has 2 aliphatic rings. The summed E-state index contributed by atoms with van der Waals surface area (Å²) in [6.45, 7) is 0. The number of benzene rings is 2. The zero-order chi connectivity index (χ0) is 13.7. The largest absolute Gasteiger partial charge is 0.477 e. The average molecular weight is 262 g/mol. The van der Waals surface area contributed by atoms with E-state index in [4.69, 9.17) is 0 Å². The molecule has 0 saturated carbocycles. The molecule has 4 rings (SSSR count). The fourth-order valence-corrected chi connectivity index (χ4v) is 2.69. The molecule has 0 atom stereocenters. The van der Waals surface area contributed by atoms with E-state index in [0.29, 0.717) is 5.56 Å². The molecule has 0 amide bonds. The van der Waals surface area contributed by atoms with Crippen LogP contribution in [-0.4, -0.2) is 21.0 Å². The maximum absolute atomic E-state index is 11.5. The van der Waals surface area contributed by atoms with E-state index in [1.165, 1.54) is 0 Å². The Morgan fingerprint density at radius 3 is 2.50 bits per heavy atom. The third-order valence-electron chi connectivity index (χ3n) is 3.55. The number of para-hydroxylation sites is 2. The van der Waals surface area contributed by atoms with Gasteiger partial charge in [0.25, 0.3) is 0 Å². The summed E-state index contributed by atoms with van der Waals surface area (Å²) in [5, 5.41) is 11.3. The minimum atomic E-state index is -0.973. The molecule has 2 N–H and O–H groups in total. The minimum absolute atomic E-state index is 0.187. The number of rotatable bonds is 1. The third-order valence-corrected chi connectivity index (χ3v) is 3.55. The molecule has 0 unspecified atom stereocenters. The number of carboxylic acids is 1. The first kappa shape index (κ1) is 11.0. The Kier molecular flexibility index (Phi) is 2.09. The number of aromatic amines is 1. The number of aromatic nitrogens is 2. The van der Waals surface area contributed by atoms with E-state index in [1.807, 2.05) is 48.5 Å². The molecule has 0 radical (unpaired) electrons. The summed E-state index contributed by atoms with van der Waals surface area (Å²) in [4.78, 5) is 19.2. The Balaban J connectivity index is 2.31. The molecule has 2 aliphatic heterocycles. The highest BCUT2D eigenvalue weighted by Crippen LogP contribution is 2.37. The van der Waals surface area contributed by atoms with E-state index in [-0.39, 0.29) is 5.69 Å². The molecule has 0 aliphatic carbocycles. The van der Waals surface area contributed by atoms with Crippen LogP contribution in [-0.2, 0) is 0 Å². The van der Waals surface area contributed by atoms with Gasteiger partial charge < -0.3 is 10.1 Å². The van der Waals surface area contributed by atoms with Crippen molar-refractivity contribution >= 4 is 27.8 Å². The second-order valence-electron chi connectivity index (χ2n) is 4.70. The first-order valence-electron chi connectivity index (χ1n) is 6.28. The van der Waals surface area contributed by atoms with Gasteiger partial charge in [-0.3, -0.25) is 0 Å². The lowest BCUT2D eigenvalue weighted by Gasteiger charge is -2.08. The summed E-state index contributed by atoms with van der Waals surface area (Å²) >= 11 is 0. The summed E-state index contributed by atoms with van der Waals surface area (Å²) in [7, 11) is 0. The number of hydrogen-bond donors (Lipinski definition) is 2. The van der Waals surface area contributed by atoms with Crippen LogP contribution in [0.5, 0.6) is 0 Å². The number of fused-ring (bicyclic) bond motifs is 5. The molecular formula is C16H10N2O2. The number of pyridine rings is 1. The van der Waals surface area contributed by atoms with Crippen molar-refractivity contribution in [3.05, 3.63) is 54.2 Å². The number of carboxylic acid groups (broad SMARTS) is 1. The summed E-state index contributed by atoms with van der Waals surface area (Å²) in [6, 6.07) is 15.2. The summed E-state index contributed by atoms with van der Waals surface area (Å²) in [6.07, 6.45) is 0. The molecule has 96 valence electrons. The van der Waals surface area contributed by atoms with Crippen molar-refractivity contribution in [1.82, 2.24) is 9.97 Å². The van der Waals surface area contributed by atoms with E-state index in [1.54, 1.807) is 0 Å². The van der Waals surface area contributed by atoms with Crippen molar-refractivity contribution in [2.75, 3.05) is 0 Å². The molecule has 2 aromatic rings. The molecule has 0 saturated heterocycles. The first-order chi connectivity index (χ1) is 9.75. The average Bonchev–Trinajstić information content (AvgIpc) is 2.86. The van der Waals surface area contributed by atoms with E-state index in [2.05, 4.69) is 9.97 Å². The Labute approximate surface area is 114 Å². The summed E-state index contributed by atoms with van der Waals surface area (Å²) < 4.78 is 0. The maximum atomic E-state index is 11.5. The first-order valence-corrected chi connectivity index (χ1v) is 6.28. The highest BCUT2D eigenvalue weighted by molar-refractivity contribution is 6.13. The van der Waals surface area contributed by atoms with Crippen molar-refractivity contribution in [2.24, 2.45) is 0 Å². The van der Waals surface area contributed by atoms with Crippen molar-refractivity contribution in [2.45, 2.75) is 0 Å². The van der Waals surface area contributed by atoms with Gasteiger partial charge in [-0.2, -0.15) is 0 Å². The van der Waals surface area contributed by atoms with Crippen LogP contribution >= 0.6 is 0 Å². The van der Waals surface area contributed by atoms with Crippen LogP contribution in [0.25, 0.3) is 33.1 Å². The van der Waals surface area contributed by atoms with Gasteiger partial charge in [0, 0.05) is 21.9 Å². The number of aromatic carboxylic acids is 1. The predicted molar refractivity (Wildman–Crippen MR) is 77.2 cm³/mol. The predicted octanol–water partition coefficient (Wildman–Crippen LogP) is 3.52. The molecule has 20 heavy (non-hydrogen) atoms. The van der Waals surface area contributed by atoms with E-state index < -0.39 is 5.97 Å².